The van der Waals surface area contributed by atoms with Gasteiger partial charge < -0.3 is 5.32 Å². The molecule has 3 nitrogen and oxygen atoms in total. The van der Waals surface area contributed by atoms with Crippen molar-refractivity contribution < 1.29 is 9.18 Å². The minimum Gasteiger partial charge on any atom is -0.349 e. The summed E-state index contributed by atoms with van der Waals surface area (Å²) < 4.78 is 12.7. The molecule has 1 aliphatic rings. The number of nitrogens with one attached hydrogen (secondary N) is 1. The Morgan fingerprint density at radius 1 is 1.44 bits per heavy atom. The van der Waals surface area contributed by atoms with E-state index < -0.39 is 5.95 Å². The number of hydrogen-bond acceptors (Lipinski definition) is 2. The SMILES string of the molecule is CC1(C)CCCCC1NC(=O)c1ccc(F)nc1. The van der Waals surface area contributed by atoms with Crippen molar-refractivity contribution in [3.05, 3.63) is 29.8 Å². The van der Waals surface area contributed by atoms with Crippen molar-refractivity contribution in [1.29, 1.82) is 0 Å². The van der Waals surface area contributed by atoms with Gasteiger partial charge in [-0.3, -0.25) is 4.79 Å². The smallest absolute Gasteiger partial charge is 0.253 e. The number of aromatic nitrogens is 1. The van der Waals surface area contributed by atoms with Crippen LogP contribution in [0.3, 0.4) is 0 Å². The maximum Gasteiger partial charge on any atom is 0.253 e. The Kier molecular flexibility index (Phi) is 3.64. The van der Waals surface area contributed by atoms with Crippen molar-refractivity contribution >= 4 is 5.91 Å². The van der Waals surface area contributed by atoms with Gasteiger partial charge in [0.2, 0.25) is 5.95 Å². The highest BCUT2D eigenvalue weighted by Gasteiger charge is 2.33. The first-order chi connectivity index (χ1) is 8.49. The Morgan fingerprint density at radius 2 is 2.22 bits per heavy atom. The van der Waals surface area contributed by atoms with Crippen LogP contribution >= 0.6 is 0 Å². The molecular weight excluding hydrogens is 231 g/mol. The fourth-order valence-electron chi connectivity index (χ4n) is 2.51. The number of rotatable bonds is 2. The first-order valence-electron chi connectivity index (χ1n) is 6.41. The molecule has 1 fully saturated rings. The summed E-state index contributed by atoms with van der Waals surface area (Å²) in [6.45, 7) is 4.36. The van der Waals surface area contributed by atoms with Crippen LogP contribution in [0.4, 0.5) is 4.39 Å². The Balaban J connectivity index is 2.04. The van der Waals surface area contributed by atoms with Crippen LogP contribution in [-0.4, -0.2) is 16.9 Å². The number of halogens is 1. The largest absolute Gasteiger partial charge is 0.349 e. The minimum absolute atomic E-state index is 0.126. The van der Waals surface area contributed by atoms with Gasteiger partial charge in [-0.15, -0.1) is 0 Å². The van der Waals surface area contributed by atoms with Crippen molar-refractivity contribution in [2.24, 2.45) is 5.41 Å². The molecule has 0 bridgehead atoms. The average molecular weight is 250 g/mol. The van der Waals surface area contributed by atoms with E-state index in [9.17, 15) is 9.18 Å². The quantitative estimate of drug-likeness (QED) is 0.820. The molecule has 1 heterocycles. The fourth-order valence-corrected chi connectivity index (χ4v) is 2.51. The van der Waals surface area contributed by atoms with Gasteiger partial charge in [0.15, 0.2) is 0 Å². The second-order valence-corrected chi connectivity index (χ2v) is 5.63. The molecule has 1 aliphatic carbocycles. The molecule has 1 N–H and O–H groups in total. The molecule has 0 aromatic carbocycles. The van der Waals surface area contributed by atoms with Gasteiger partial charge in [-0.1, -0.05) is 26.7 Å². The lowest BCUT2D eigenvalue weighted by Crippen LogP contribution is -2.46. The zero-order chi connectivity index (χ0) is 13.2. The van der Waals surface area contributed by atoms with E-state index in [1.54, 1.807) is 0 Å². The van der Waals surface area contributed by atoms with E-state index in [0.29, 0.717) is 5.56 Å². The lowest BCUT2D eigenvalue weighted by Gasteiger charge is -2.39. The third kappa shape index (κ3) is 2.86. The molecule has 1 amide bonds. The van der Waals surface area contributed by atoms with Gasteiger partial charge in [0, 0.05) is 12.2 Å². The van der Waals surface area contributed by atoms with Crippen molar-refractivity contribution in [1.82, 2.24) is 10.3 Å². The summed E-state index contributed by atoms with van der Waals surface area (Å²) in [5.74, 6) is -0.730. The number of nitrogens with zero attached hydrogens (tertiary/aromatic N) is 1. The maximum atomic E-state index is 12.7. The van der Waals surface area contributed by atoms with Crippen molar-refractivity contribution in [3.8, 4) is 0 Å². The first kappa shape index (κ1) is 13.0. The molecule has 98 valence electrons. The number of carbonyl (C=O) groups is 1. The molecule has 0 spiro atoms. The predicted octanol–water partition coefficient (Wildman–Crippen LogP) is 2.92. The second kappa shape index (κ2) is 5.04. The van der Waals surface area contributed by atoms with Crippen LogP contribution in [0.25, 0.3) is 0 Å². The van der Waals surface area contributed by atoms with Crippen LogP contribution < -0.4 is 5.32 Å². The van der Waals surface area contributed by atoms with E-state index in [-0.39, 0.29) is 17.4 Å². The Morgan fingerprint density at radius 3 is 2.83 bits per heavy atom. The highest BCUT2D eigenvalue weighted by Crippen LogP contribution is 2.35. The van der Waals surface area contributed by atoms with Crippen molar-refractivity contribution in [2.75, 3.05) is 0 Å². The predicted molar refractivity (Wildman–Crippen MR) is 67.7 cm³/mol. The van der Waals surface area contributed by atoms with Gasteiger partial charge >= 0.3 is 0 Å². The number of pyridine rings is 1. The molecule has 1 aromatic rings. The van der Waals surface area contributed by atoms with E-state index in [4.69, 9.17) is 0 Å². The maximum absolute atomic E-state index is 12.7. The zero-order valence-corrected chi connectivity index (χ0v) is 10.9. The topological polar surface area (TPSA) is 42.0 Å². The highest BCUT2D eigenvalue weighted by molar-refractivity contribution is 5.94. The Hall–Kier alpha value is -1.45. The molecule has 0 saturated heterocycles. The van der Waals surface area contributed by atoms with Gasteiger partial charge in [-0.2, -0.15) is 4.39 Å². The molecule has 1 unspecified atom stereocenters. The molecule has 1 atom stereocenters. The molecular formula is C14H19FN2O. The van der Waals surface area contributed by atoms with Crippen LogP contribution in [0.2, 0.25) is 0 Å². The lowest BCUT2D eigenvalue weighted by atomic mass is 9.73. The van der Waals surface area contributed by atoms with Crippen LogP contribution in [0, 0.1) is 11.4 Å². The third-order valence-electron chi connectivity index (χ3n) is 3.80. The summed E-state index contributed by atoms with van der Waals surface area (Å²) in [4.78, 5) is 15.5. The van der Waals surface area contributed by atoms with Gasteiger partial charge in [-0.25, -0.2) is 4.98 Å². The van der Waals surface area contributed by atoms with Crippen molar-refractivity contribution in [3.63, 3.8) is 0 Å². The van der Waals surface area contributed by atoms with Gasteiger partial charge in [0.05, 0.1) is 5.56 Å². The molecule has 0 radical (unpaired) electrons. The van der Waals surface area contributed by atoms with Crippen LogP contribution in [0.5, 0.6) is 0 Å². The fraction of sp³-hybridized carbons (Fsp3) is 0.571. The summed E-state index contributed by atoms with van der Waals surface area (Å²) in [6.07, 6.45) is 5.78. The van der Waals surface area contributed by atoms with Crippen molar-refractivity contribution in [2.45, 2.75) is 45.6 Å². The molecule has 2 rings (SSSR count). The normalized spacial score (nSPS) is 22.5. The molecule has 1 aromatic heterocycles. The molecule has 18 heavy (non-hydrogen) atoms. The molecule has 4 heteroatoms. The second-order valence-electron chi connectivity index (χ2n) is 5.63. The number of carbonyl (C=O) groups excluding carboxylic acids is 1. The monoisotopic (exact) mass is 250 g/mol. The highest BCUT2D eigenvalue weighted by atomic mass is 19.1. The standard InChI is InChI=1S/C14H19FN2O/c1-14(2)8-4-3-5-11(14)17-13(18)10-6-7-12(15)16-9-10/h6-7,9,11H,3-5,8H2,1-2H3,(H,17,18). The summed E-state index contributed by atoms with van der Waals surface area (Å²) in [5, 5.41) is 3.04. The lowest BCUT2D eigenvalue weighted by molar-refractivity contribution is 0.0853. The number of hydrogen-bond donors (Lipinski definition) is 1. The average Bonchev–Trinajstić information content (AvgIpc) is 2.32. The number of amides is 1. The van der Waals surface area contributed by atoms with Crippen LogP contribution in [0.15, 0.2) is 18.3 Å². The Bertz CT molecular complexity index is 428. The summed E-state index contributed by atoms with van der Waals surface area (Å²) in [7, 11) is 0. The Labute approximate surface area is 107 Å². The van der Waals surface area contributed by atoms with Gasteiger partial charge in [0.1, 0.15) is 0 Å². The van der Waals surface area contributed by atoms with Crippen LogP contribution in [-0.2, 0) is 0 Å². The molecule has 1 saturated carbocycles. The first-order valence-corrected chi connectivity index (χ1v) is 6.41. The summed E-state index contributed by atoms with van der Waals surface area (Å²) >= 11 is 0. The summed E-state index contributed by atoms with van der Waals surface area (Å²) in [5.41, 5.74) is 0.541. The van der Waals surface area contributed by atoms with Crippen LogP contribution in [0.1, 0.15) is 49.9 Å². The van der Waals surface area contributed by atoms with E-state index in [1.807, 2.05) is 0 Å². The third-order valence-corrected chi connectivity index (χ3v) is 3.80. The van der Waals surface area contributed by atoms with E-state index >= 15 is 0 Å². The van der Waals surface area contributed by atoms with Gasteiger partial charge in [-0.05, 0) is 30.4 Å². The summed E-state index contributed by atoms with van der Waals surface area (Å²) in [6, 6.07) is 2.86. The van der Waals surface area contributed by atoms with E-state index in [2.05, 4.69) is 24.1 Å². The zero-order valence-electron chi connectivity index (χ0n) is 10.9. The van der Waals surface area contributed by atoms with Gasteiger partial charge in [0.25, 0.3) is 5.91 Å². The van der Waals surface area contributed by atoms with E-state index in [1.165, 1.54) is 24.8 Å². The minimum atomic E-state index is -0.565. The van der Waals surface area contributed by atoms with E-state index in [0.717, 1.165) is 19.3 Å². The molecule has 0 aliphatic heterocycles.